The zero-order valence-electron chi connectivity index (χ0n) is 6.93. The van der Waals surface area contributed by atoms with Gasteiger partial charge < -0.3 is 10.4 Å². The summed E-state index contributed by atoms with van der Waals surface area (Å²) in [7, 11) is 0. The molecule has 5 heteroatoms. The van der Waals surface area contributed by atoms with E-state index < -0.39 is 5.95 Å². The lowest BCUT2D eigenvalue weighted by Crippen LogP contribution is -2.18. The van der Waals surface area contributed by atoms with Crippen molar-refractivity contribution in [2.45, 2.75) is 6.54 Å². The molecular formula is C8H10BrFN2O. The second-order valence-electron chi connectivity index (χ2n) is 2.46. The molecule has 0 bridgehead atoms. The van der Waals surface area contributed by atoms with E-state index in [0.29, 0.717) is 23.1 Å². The highest BCUT2D eigenvalue weighted by atomic mass is 79.9. The first-order valence-corrected chi connectivity index (χ1v) is 4.65. The van der Waals surface area contributed by atoms with Gasteiger partial charge in [0.2, 0.25) is 5.95 Å². The minimum atomic E-state index is -0.486. The Labute approximate surface area is 84.1 Å². The smallest absolute Gasteiger partial charge is 0.218 e. The second-order valence-corrected chi connectivity index (χ2v) is 3.32. The van der Waals surface area contributed by atoms with Gasteiger partial charge in [-0.3, -0.25) is 0 Å². The number of aliphatic hydroxyl groups excluding tert-OH is 1. The molecule has 0 radical (unpaired) electrons. The van der Waals surface area contributed by atoms with E-state index >= 15 is 0 Å². The van der Waals surface area contributed by atoms with Crippen molar-refractivity contribution in [1.29, 1.82) is 0 Å². The highest BCUT2D eigenvalue weighted by molar-refractivity contribution is 9.10. The third-order valence-corrected chi connectivity index (χ3v) is 2.28. The molecule has 0 atom stereocenters. The molecule has 2 N–H and O–H groups in total. The second kappa shape index (κ2) is 5.26. The average Bonchev–Trinajstić information content (AvgIpc) is 2.10. The van der Waals surface area contributed by atoms with Crippen molar-refractivity contribution in [2.24, 2.45) is 0 Å². The summed E-state index contributed by atoms with van der Waals surface area (Å²) in [5.41, 5.74) is 0.482. The first-order valence-electron chi connectivity index (χ1n) is 3.86. The van der Waals surface area contributed by atoms with E-state index in [9.17, 15) is 4.39 Å². The van der Waals surface area contributed by atoms with Crippen molar-refractivity contribution >= 4 is 15.9 Å². The number of rotatable bonds is 4. The van der Waals surface area contributed by atoms with E-state index in [4.69, 9.17) is 5.11 Å². The van der Waals surface area contributed by atoms with Gasteiger partial charge in [-0.05, 0) is 6.07 Å². The van der Waals surface area contributed by atoms with Gasteiger partial charge in [0, 0.05) is 29.3 Å². The van der Waals surface area contributed by atoms with Gasteiger partial charge in [-0.1, -0.05) is 15.9 Å². The Morgan fingerprint density at radius 1 is 1.62 bits per heavy atom. The molecular weight excluding hydrogens is 239 g/mol. The number of aromatic nitrogens is 1. The fraction of sp³-hybridized carbons (Fsp3) is 0.375. The molecule has 0 aromatic carbocycles. The lowest BCUT2D eigenvalue weighted by molar-refractivity contribution is 0.291. The largest absolute Gasteiger partial charge is 0.395 e. The van der Waals surface area contributed by atoms with Crippen molar-refractivity contribution in [3.63, 3.8) is 0 Å². The van der Waals surface area contributed by atoms with Crippen molar-refractivity contribution in [3.05, 3.63) is 28.2 Å². The predicted molar refractivity (Wildman–Crippen MR) is 50.7 cm³/mol. The molecule has 0 saturated carbocycles. The number of hydrogen-bond acceptors (Lipinski definition) is 3. The zero-order chi connectivity index (χ0) is 9.68. The monoisotopic (exact) mass is 248 g/mol. The normalized spacial score (nSPS) is 10.4. The van der Waals surface area contributed by atoms with Crippen LogP contribution in [-0.4, -0.2) is 23.2 Å². The van der Waals surface area contributed by atoms with Crippen molar-refractivity contribution in [2.75, 3.05) is 13.2 Å². The van der Waals surface area contributed by atoms with Gasteiger partial charge >= 0.3 is 0 Å². The molecule has 0 spiro atoms. The Kier molecular flexibility index (Phi) is 4.27. The van der Waals surface area contributed by atoms with Crippen LogP contribution in [0, 0.1) is 5.95 Å². The number of hydrogen-bond donors (Lipinski definition) is 2. The van der Waals surface area contributed by atoms with Crippen LogP contribution in [0.1, 0.15) is 5.56 Å². The molecule has 0 amide bonds. The number of pyridine rings is 1. The van der Waals surface area contributed by atoms with Crippen LogP contribution in [0.25, 0.3) is 0 Å². The molecule has 1 aromatic rings. The molecule has 72 valence electrons. The summed E-state index contributed by atoms with van der Waals surface area (Å²) in [6.07, 6.45) is 1.40. The first kappa shape index (κ1) is 10.6. The molecule has 13 heavy (non-hydrogen) atoms. The number of nitrogens with zero attached hydrogens (tertiary/aromatic N) is 1. The van der Waals surface area contributed by atoms with E-state index in [1.807, 2.05) is 0 Å². The standard InChI is InChI=1S/C8H10BrFN2O/c9-7-1-2-12-8(10)6(7)5-11-3-4-13/h1-2,11,13H,3-5H2. The lowest BCUT2D eigenvalue weighted by atomic mass is 10.3. The number of halogens is 2. The van der Waals surface area contributed by atoms with E-state index in [1.165, 1.54) is 6.20 Å². The van der Waals surface area contributed by atoms with Crippen molar-refractivity contribution in [3.8, 4) is 0 Å². The van der Waals surface area contributed by atoms with E-state index in [0.717, 1.165) is 0 Å². The van der Waals surface area contributed by atoms with Crippen molar-refractivity contribution in [1.82, 2.24) is 10.3 Å². The van der Waals surface area contributed by atoms with Gasteiger partial charge in [0.15, 0.2) is 0 Å². The SMILES string of the molecule is OCCNCc1c(Br)ccnc1F. The average molecular weight is 249 g/mol. The van der Waals surface area contributed by atoms with Gasteiger partial charge in [0.05, 0.1) is 6.61 Å². The predicted octanol–water partition coefficient (Wildman–Crippen LogP) is 1.07. The summed E-state index contributed by atoms with van der Waals surface area (Å²) in [6.45, 7) is 0.848. The third kappa shape index (κ3) is 3.02. The molecule has 0 unspecified atom stereocenters. The molecule has 3 nitrogen and oxygen atoms in total. The molecule has 1 rings (SSSR count). The maximum atomic E-state index is 13.0. The van der Waals surface area contributed by atoms with Crippen LogP contribution in [0.2, 0.25) is 0 Å². The van der Waals surface area contributed by atoms with E-state index in [-0.39, 0.29) is 6.61 Å². The summed E-state index contributed by atoms with van der Waals surface area (Å²) >= 11 is 3.22. The molecule has 0 aliphatic rings. The fourth-order valence-corrected chi connectivity index (χ4v) is 1.32. The molecule has 1 aromatic heterocycles. The van der Waals surface area contributed by atoms with Crippen LogP contribution in [0.3, 0.4) is 0 Å². The quantitative estimate of drug-likeness (QED) is 0.619. The number of aliphatic hydroxyl groups is 1. The summed E-state index contributed by atoms with van der Waals surface area (Å²) in [6, 6.07) is 1.68. The van der Waals surface area contributed by atoms with Gasteiger partial charge in [-0.15, -0.1) is 0 Å². The fourth-order valence-electron chi connectivity index (χ4n) is 0.895. The van der Waals surface area contributed by atoms with Gasteiger partial charge in [0.1, 0.15) is 0 Å². The highest BCUT2D eigenvalue weighted by Crippen LogP contribution is 2.17. The van der Waals surface area contributed by atoms with E-state index in [1.54, 1.807) is 6.07 Å². The Morgan fingerprint density at radius 3 is 3.00 bits per heavy atom. The third-order valence-electron chi connectivity index (χ3n) is 1.54. The summed E-state index contributed by atoms with van der Waals surface area (Å²) in [5.74, 6) is -0.486. The maximum absolute atomic E-state index is 13.0. The van der Waals surface area contributed by atoms with Crippen molar-refractivity contribution < 1.29 is 9.50 Å². The number of nitrogens with one attached hydrogen (secondary N) is 1. The first-order chi connectivity index (χ1) is 6.25. The van der Waals surface area contributed by atoms with Crippen LogP contribution in [0.4, 0.5) is 4.39 Å². The van der Waals surface area contributed by atoms with Crippen LogP contribution >= 0.6 is 15.9 Å². The summed E-state index contributed by atoms with van der Waals surface area (Å²) in [4.78, 5) is 3.52. The summed E-state index contributed by atoms with van der Waals surface area (Å²) < 4.78 is 13.7. The van der Waals surface area contributed by atoms with Gasteiger partial charge in [0.25, 0.3) is 0 Å². The van der Waals surface area contributed by atoms with Crippen LogP contribution in [0.15, 0.2) is 16.7 Å². The molecule has 0 saturated heterocycles. The lowest BCUT2D eigenvalue weighted by Gasteiger charge is -2.05. The molecule has 1 heterocycles. The Bertz CT molecular complexity index is 263. The molecule has 0 aliphatic heterocycles. The molecule has 0 fully saturated rings. The van der Waals surface area contributed by atoms with Crippen LogP contribution in [-0.2, 0) is 6.54 Å². The van der Waals surface area contributed by atoms with Gasteiger partial charge in [-0.25, -0.2) is 4.98 Å². The summed E-state index contributed by atoms with van der Waals surface area (Å²) in [5, 5.41) is 11.4. The minimum absolute atomic E-state index is 0.0412. The van der Waals surface area contributed by atoms with Gasteiger partial charge in [-0.2, -0.15) is 4.39 Å². The Morgan fingerprint density at radius 2 is 2.38 bits per heavy atom. The zero-order valence-corrected chi connectivity index (χ0v) is 8.51. The van der Waals surface area contributed by atoms with E-state index in [2.05, 4.69) is 26.2 Å². The maximum Gasteiger partial charge on any atom is 0.218 e. The van der Waals surface area contributed by atoms with Crippen LogP contribution in [0.5, 0.6) is 0 Å². The molecule has 0 aliphatic carbocycles. The minimum Gasteiger partial charge on any atom is -0.395 e. The topological polar surface area (TPSA) is 45.1 Å². The Hall–Kier alpha value is -0.520. The van der Waals surface area contributed by atoms with Crippen LogP contribution < -0.4 is 5.32 Å². The Balaban J connectivity index is 2.64. The highest BCUT2D eigenvalue weighted by Gasteiger charge is 2.06.